The number of amides is 4. The van der Waals surface area contributed by atoms with Gasteiger partial charge in [0.05, 0.1) is 6.42 Å². The molecule has 4 amide bonds. The molecule has 0 saturated carbocycles. The molecule has 1 heterocycles. The molecule has 0 aromatic carbocycles. The van der Waals surface area contributed by atoms with Crippen molar-refractivity contribution in [3.8, 4) is 0 Å². The highest BCUT2D eigenvalue weighted by molar-refractivity contribution is 6.23. The van der Waals surface area contributed by atoms with E-state index in [4.69, 9.17) is 10.2 Å². The van der Waals surface area contributed by atoms with Crippen molar-refractivity contribution >= 4 is 36.0 Å². The van der Waals surface area contributed by atoms with Crippen LogP contribution in [0.15, 0.2) is 4.99 Å². The van der Waals surface area contributed by atoms with Crippen molar-refractivity contribution in [1.29, 1.82) is 0 Å². The van der Waals surface area contributed by atoms with E-state index in [1.807, 2.05) is 0 Å². The Labute approximate surface area is 105 Å². The smallest absolute Gasteiger partial charge is 0.329 e. The molecular weight excluding hydrogens is 262 g/mol. The molecule has 1 saturated heterocycles. The van der Waals surface area contributed by atoms with Crippen LogP contribution in [-0.2, 0) is 19.2 Å². The number of aliphatic carboxylic acids is 2. The summed E-state index contributed by atoms with van der Waals surface area (Å²) in [4.78, 5) is 57.7. The zero-order valence-corrected chi connectivity index (χ0v) is 9.32. The Morgan fingerprint density at radius 2 is 1.74 bits per heavy atom. The third-order valence-corrected chi connectivity index (χ3v) is 2.11. The van der Waals surface area contributed by atoms with E-state index in [0.717, 1.165) is 0 Å². The van der Waals surface area contributed by atoms with Gasteiger partial charge in [-0.25, -0.2) is 9.59 Å². The second-order valence-electron chi connectivity index (χ2n) is 3.54. The molecule has 4 N–H and O–H groups in total. The van der Waals surface area contributed by atoms with Crippen LogP contribution in [0.2, 0.25) is 0 Å². The van der Waals surface area contributed by atoms with Gasteiger partial charge in [-0.3, -0.25) is 30.0 Å². The Morgan fingerprint density at radius 1 is 1.21 bits per heavy atom. The number of carbonyl (C=O) groups is 5. The Balaban J connectivity index is 2.80. The van der Waals surface area contributed by atoms with Crippen LogP contribution < -0.4 is 10.6 Å². The molecule has 10 nitrogen and oxygen atoms in total. The Kier molecular flexibility index (Phi) is 4.29. The highest BCUT2D eigenvalue weighted by Gasteiger charge is 2.33. The van der Waals surface area contributed by atoms with Gasteiger partial charge in [-0.15, -0.1) is 0 Å². The fraction of sp³-hybridized carbons (Fsp3) is 0.333. The predicted octanol–water partition coefficient (Wildman–Crippen LogP) is -2.03. The number of hydrogen-bond donors (Lipinski definition) is 4. The third kappa shape index (κ3) is 3.87. The maximum absolute atomic E-state index is 11.3. The number of hydrogen-bond acceptors (Lipinski definition) is 6. The Bertz CT molecular complexity index is 464. The summed E-state index contributed by atoms with van der Waals surface area (Å²) in [5, 5.41) is 20.7. The number of carboxylic acid groups (broad SMARTS) is 2. The number of barbiturate groups is 1. The molecule has 0 aromatic rings. The van der Waals surface area contributed by atoms with Crippen LogP contribution in [-0.4, -0.2) is 52.3 Å². The van der Waals surface area contributed by atoms with Crippen LogP contribution in [0.3, 0.4) is 0 Å². The van der Waals surface area contributed by atoms with Crippen molar-refractivity contribution < 1.29 is 34.2 Å². The van der Waals surface area contributed by atoms with Crippen LogP contribution in [0.1, 0.15) is 6.42 Å². The molecule has 0 bridgehead atoms. The lowest BCUT2D eigenvalue weighted by Crippen LogP contribution is -2.56. The van der Waals surface area contributed by atoms with Crippen LogP contribution in [0.25, 0.3) is 0 Å². The van der Waals surface area contributed by atoms with Gasteiger partial charge in [-0.1, -0.05) is 0 Å². The van der Waals surface area contributed by atoms with Gasteiger partial charge in [0.1, 0.15) is 0 Å². The van der Waals surface area contributed by atoms with E-state index >= 15 is 0 Å². The minimum absolute atomic E-state index is 0.707. The molecule has 10 heteroatoms. The van der Waals surface area contributed by atoms with Gasteiger partial charge >= 0.3 is 18.0 Å². The standard InChI is InChI=1S/C9H9N3O7/c13-5(14)1-4(8(17)18)10-2-3-6(15)11-9(19)12-7(3)16/h2-4H,1H2,(H,13,14)(H,17,18)(H2,11,12,15,16,19)/t4-/m1/s1. The highest BCUT2D eigenvalue weighted by atomic mass is 16.4. The molecule has 1 rings (SSSR count). The monoisotopic (exact) mass is 271 g/mol. The molecule has 1 aliphatic heterocycles. The van der Waals surface area contributed by atoms with Gasteiger partial charge < -0.3 is 10.2 Å². The second kappa shape index (κ2) is 5.71. The molecule has 1 atom stereocenters. The molecule has 0 radical (unpaired) electrons. The molecule has 19 heavy (non-hydrogen) atoms. The summed E-state index contributed by atoms with van der Waals surface area (Å²) < 4.78 is 0. The first-order valence-electron chi connectivity index (χ1n) is 4.95. The van der Waals surface area contributed by atoms with Crippen molar-refractivity contribution in [2.24, 2.45) is 10.9 Å². The van der Waals surface area contributed by atoms with Crippen molar-refractivity contribution in [1.82, 2.24) is 10.6 Å². The number of carbonyl (C=O) groups excluding carboxylic acids is 3. The van der Waals surface area contributed by atoms with Crippen molar-refractivity contribution in [2.45, 2.75) is 12.5 Å². The summed E-state index contributed by atoms with van der Waals surface area (Å²) in [6, 6.07) is -2.60. The Hall–Kier alpha value is -2.78. The van der Waals surface area contributed by atoms with Crippen LogP contribution in [0.5, 0.6) is 0 Å². The molecule has 0 spiro atoms. The first-order valence-corrected chi connectivity index (χ1v) is 4.95. The topological polar surface area (TPSA) is 162 Å². The fourth-order valence-corrected chi connectivity index (χ4v) is 1.22. The van der Waals surface area contributed by atoms with Gasteiger partial charge in [0.2, 0.25) is 11.8 Å². The molecule has 1 fully saturated rings. The number of rotatable bonds is 5. The average molecular weight is 271 g/mol. The maximum Gasteiger partial charge on any atom is 0.329 e. The van der Waals surface area contributed by atoms with E-state index in [1.165, 1.54) is 0 Å². The summed E-state index contributed by atoms with van der Waals surface area (Å²) >= 11 is 0. The molecule has 0 aliphatic carbocycles. The van der Waals surface area contributed by atoms with Gasteiger partial charge in [0.15, 0.2) is 12.0 Å². The fourth-order valence-electron chi connectivity index (χ4n) is 1.22. The lowest BCUT2D eigenvalue weighted by molar-refractivity contribution is -0.144. The van der Waals surface area contributed by atoms with Crippen molar-refractivity contribution in [3.63, 3.8) is 0 Å². The minimum Gasteiger partial charge on any atom is -0.481 e. The number of nitrogens with zero attached hydrogens (tertiary/aromatic N) is 1. The van der Waals surface area contributed by atoms with E-state index in [0.29, 0.717) is 6.21 Å². The summed E-state index contributed by atoms with van der Waals surface area (Å²) in [6.45, 7) is 0. The van der Waals surface area contributed by atoms with E-state index in [9.17, 15) is 24.0 Å². The molecule has 1 aliphatic rings. The largest absolute Gasteiger partial charge is 0.481 e. The van der Waals surface area contributed by atoms with Gasteiger partial charge in [0.25, 0.3) is 0 Å². The first-order chi connectivity index (χ1) is 8.81. The number of carboxylic acids is 2. The zero-order chi connectivity index (χ0) is 14.6. The number of aliphatic imine (C=N–C) groups is 1. The zero-order valence-electron chi connectivity index (χ0n) is 9.32. The molecular formula is C9H9N3O7. The maximum atomic E-state index is 11.3. The molecule has 102 valence electrons. The van der Waals surface area contributed by atoms with Crippen LogP contribution in [0, 0.1) is 5.92 Å². The molecule has 0 unspecified atom stereocenters. The third-order valence-electron chi connectivity index (χ3n) is 2.11. The Morgan fingerprint density at radius 3 is 2.16 bits per heavy atom. The summed E-state index contributed by atoms with van der Waals surface area (Å²) in [6.07, 6.45) is -0.0838. The number of nitrogens with one attached hydrogen (secondary N) is 2. The van der Waals surface area contributed by atoms with Crippen molar-refractivity contribution in [3.05, 3.63) is 0 Å². The minimum atomic E-state index is -1.62. The highest BCUT2D eigenvalue weighted by Crippen LogP contribution is 2.03. The quantitative estimate of drug-likeness (QED) is 0.331. The lowest BCUT2D eigenvalue weighted by atomic mass is 10.1. The van der Waals surface area contributed by atoms with Crippen molar-refractivity contribution in [2.75, 3.05) is 0 Å². The van der Waals surface area contributed by atoms with E-state index < -0.39 is 48.2 Å². The van der Waals surface area contributed by atoms with E-state index in [1.54, 1.807) is 10.6 Å². The van der Waals surface area contributed by atoms with Gasteiger partial charge in [-0.2, -0.15) is 0 Å². The number of urea groups is 1. The van der Waals surface area contributed by atoms with Crippen LogP contribution in [0.4, 0.5) is 4.79 Å². The van der Waals surface area contributed by atoms with Gasteiger partial charge in [-0.05, 0) is 0 Å². The van der Waals surface area contributed by atoms with E-state index in [-0.39, 0.29) is 0 Å². The summed E-state index contributed by atoms with van der Waals surface area (Å²) in [5.41, 5.74) is 0. The summed E-state index contributed by atoms with van der Waals surface area (Å²) in [7, 11) is 0. The SMILES string of the molecule is O=C(O)C[C@@H](N=CC1C(=O)NC(=O)NC1=O)C(=O)O. The second-order valence-corrected chi connectivity index (χ2v) is 3.54. The van der Waals surface area contributed by atoms with Crippen LogP contribution >= 0.6 is 0 Å². The lowest BCUT2D eigenvalue weighted by Gasteiger charge is -2.17. The predicted molar refractivity (Wildman–Crippen MR) is 57.3 cm³/mol. The van der Waals surface area contributed by atoms with Gasteiger partial charge in [0, 0.05) is 6.21 Å². The molecule has 0 aromatic heterocycles. The average Bonchev–Trinajstić information content (AvgIpc) is 2.25. The normalized spacial score (nSPS) is 18.0. The number of imide groups is 2. The summed E-state index contributed by atoms with van der Waals surface area (Å²) in [5.74, 6) is -6.30. The van der Waals surface area contributed by atoms with E-state index in [2.05, 4.69) is 4.99 Å². The first kappa shape index (κ1) is 14.3.